The summed E-state index contributed by atoms with van der Waals surface area (Å²) in [6, 6.07) is 15.4. The first-order chi connectivity index (χ1) is 16.2. The maximum atomic E-state index is 13.0. The van der Waals surface area contributed by atoms with Gasteiger partial charge in [-0.05, 0) is 48.1 Å². The molecular weight excluding hydrogens is 428 g/mol. The highest BCUT2D eigenvalue weighted by molar-refractivity contribution is 5.94. The van der Waals surface area contributed by atoms with Gasteiger partial charge in [0.25, 0.3) is 5.91 Å². The van der Waals surface area contributed by atoms with Gasteiger partial charge in [-0.15, -0.1) is 0 Å². The fraction of sp³-hybridized carbons (Fsp3) is 0.407. The van der Waals surface area contributed by atoms with E-state index in [-0.39, 0.29) is 23.1 Å². The Bertz CT molecular complexity index is 1150. The summed E-state index contributed by atoms with van der Waals surface area (Å²) in [4.78, 5) is 31.2. The Labute approximate surface area is 200 Å². The third-order valence-electron chi connectivity index (χ3n) is 6.30. The van der Waals surface area contributed by atoms with Crippen molar-refractivity contribution in [3.05, 3.63) is 65.5 Å². The van der Waals surface area contributed by atoms with Crippen LogP contribution in [0.3, 0.4) is 0 Å². The smallest absolute Gasteiger partial charge is 0.253 e. The average molecular weight is 461 g/mol. The summed E-state index contributed by atoms with van der Waals surface area (Å²) in [7, 11) is 0. The van der Waals surface area contributed by atoms with E-state index in [1.807, 2.05) is 60.4 Å². The van der Waals surface area contributed by atoms with Gasteiger partial charge in [-0.3, -0.25) is 9.59 Å². The molecule has 0 spiro atoms. The number of benzene rings is 2. The number of carbonyl (C=O) groups excluding carboxylic acids is 2. The molecule has 1 N–H and O–H groups in total. The van der Waals surface area contributed by atoms with Crippen molar-refractivity contribution in [2.75, 3.05) is 18.4 Å². The van der Waals surface area contributed by atoms with E-state index in [9.17, 15) is 9.59 Å². The number of nitrogens with zero attached hydrogens (tertiary/aromatic N) is 3. The Morgan fingerprint density at radius 2 is 1.79 bits per heavy atom. The molecule has 0 atom stereocenters. The fourth-order valence-corrected chi connectivity index (χ4v) is 4.13. The van der Waals surface area contributed by atoms with Gasteiger partial charge in [-0.2, -0.15) is 4.98 Å². The van der Waals surface area contributed by atoms with Crippen LogP contribution in [0.25, 0.3) is 11.4 Å². The van der Waals surface area contributed by atoms with Crippen molar-refractivity contribution in [3.63, 3.8) is 0 Å². The Morgan fingerprint density at radius 3 is 2.44 bits per heavy atom. The zero-order valence-corrected chi connectivity index (χ0v) is 20.3. The molecule has 1 saturated heterocycles. The molecule has 1 aromatic heterocycles. The van der Waals surface area contributed by atoms with Crippen LogP contribution >= 0.6 is 0 Å². The Kier molecular flexibility index (Phi) is 6.82. The summed E-state index contributed by atoms with van der Waals surface area (Å²) in [6.07, 6.45) is 1.97. The van der Waals surface area contributed by atoms with Gasteiger partial charge in [0.15, 0.2) is 0 Å². The molecule has 3 aromatic rings. The molecule has 7 nitrogen and oxygen atoms in total. The molecule has 0 bridgehead atoms. The molecule has 34 heavy (non-hydrogen) atoms. The molecule has 1 fully saturated rings. The number of anilines is 1. The predicted octanol–water partition coefficient (Wildman–Crippen LogP) is 5.40. The van der Waals surface area contributed by atoms with Crippen molar-refractivity contribution in [1.82, 2.24) is 15.0 Å². The van der Waals surface area contributed by atoms with E-state index >= 15 is 0 Å². The van der Waals surface area contributed by atoms with E-state index in [0.29, 0.717) is 36.9 Å². The minimum atomic E-state index is -0.0441. The molecule has 0 radical (unpaired) electrons. The molecule has 2 amide bonds. The van der Waals surface area contributed by atoms with Crippen LogP contribution in [-0.2, 0) is 10.2 Å². The van der Waals surface area contributed by atoms with Crippen LogP contribution in [0, 0.1) is 0 Å². The second kappa shape index (κ2) is 9.79. The van der Waals surface area contributed by atoms with Gasteiger partial charge in [0.1, 0.15) is 0 Å². The lowest BCUT2D eigenvalue weighted by atomic mass is 9.86. The molecule has 1 aliphatic heterocycles. The van der Waals surface area contributed by atoms with Crippen LogP contribution in [0.4, 0.5) is 5.69 Å². The monoisotopic (exact) mass is 460 g/mol. The highest BCUT2D eigenvalue weighted by Crippen LogP contribution is 2.30. The van der Waals surface area contributed by atoms with Crippen LogP contribution in [0.5, 0.6) is 0 Å². The topological polar surface area (TPSA) is 88.3 Å². The zero-order valence-electron chi connectivity index (χ0n) is 20.3. The van der Waals surface area contributed by atoms with Crippen LogP contribution in [0.2, 0.25) is 0 Å². The number of rotatable bonds is 5. The summed E-state index contributed by atoms with van der Waals surface area (Å²) in [5, 5.41) is 7.00. The van der Waals surface area contributed by atoms with Crippen molar-refractivity contribution in [2.45, 2.75) is 58.3 Å². The Hall–Kier alpha value is -3.48. The normalized spacial score (nSPS) is 14.8. The largest absolute Gasteiger partial charge is 0.339 e. The SMILES string of the molecule is CCC(=O)Nc1cccc(-c2noc(C3CCN(C(=O)c4ccc(C(C)(C)C)cc4)CC3)n2)c1. The molecule has 178 valence electrons. The summed E-state index contributed by atoms with van der Waals surface area (Å²) in [6.45, 7) is 9.61. The number of amides is 2. The second-order valence-corrected chi connectivity index (χ2v) is 9.83. The molecule has 7 heteroatoms. The Balaban J connectivity index is 1.37. The lowest BCUT2D eigenvalue weighted by Crippen LogP contribution is -2.38. The first kappa shape index (κ1) is 23.7. The van der Waals surface area contributed by atoms with Gasteiger partial charge < -0.3 is 14.7 Å². The van der Waals surface area contributed by atoms with E-state index < -0.39 is 0 Å². The van der Waals surface area contributed by atoms with Gasteiger partial charge in [0.05, 0.1) is 0 Å². The van der Waals surface area contributed by atoms with Crippen molar-refractivity contribution in [1.29, 1.82) is 0 Å². The summed E-state index contributed by atoms with van der Waals surface area (Å²) in [5.41, 5.74) is 3.50. The average Bonchev–Trinajstić information content (AvgIpc) is 3.34. The van der Waals surface area contributed by atoms with E-state index in [1.54, 1.807) is 0 Å². The maximum Gasteiger partial charge on any atom is 0.253 e. The standard InChI is InChI=1S/C27H32N4O3/c1-5-23(32)28-22-8-6-7-20(17-22)24-29-25(34-30-24)18-13-15-31(16-14-18)26(33)19-9-11-21(12-10-19)27(2,3)4/h6-12,17-18H,5,13-16H2,1-4H3,(H,28,32). The van der Waals surface area contributed by atoms with Gasteiger partial charge in [0.2, 0.25) is 17.6 Å². The molecule has 4 rings (SSSR count). The lowest BCUT2D eigenvalue weighted by molar-refractivity contribution is -0.115. The quantitative estimate of drug-likeness (QED) is 0.551. The van der Waals surface area contributed by atoms with Crippen molar-refractivity contribution in [2.24, 2.45) is 0 Å². The fourth-order valence-electron chi connectivity index (χ4n) is 4.13. The van der Waals surface area contributed by atoms with Crippen LogP contribution < -0.4 is 5.32 Å². The van der Waals surface area contributed by atoms with Crippen LogP contribution in [0.1, 0.15) is 74.7 Å². The summed E-state index contributed by atoms with van der Waals surface area (Å²) < 4.78 is 5.57. The molecule has 0 aliphatic carbocycles. The number of hydrogen-bond donors (Lipinski definition) is 1. The first-order valence-electron chi connectivity index (χ1n) is 11.9. The highest BCUT2D eigenvalue weighted by atomic mass is 16.5. The van der Waals surface area contributed by atoms with E-state index in [0.717, 1.165) is 24.0 Å². The molecule has 2 aromatic carbocycles. The molecule has 1 aliphatic rings. The number of carbonyl (C=O) groups is 2. The third kappa shape index (κ3) is 5.35. The van der Waals surface area contributed by atoms with Crippen molar-refractivity contribution < 1.29 is 14.1 Å². The Morgan fingerprint density at radius 1 is 1.09 bits per heavy atom. The molecule has 0 saturated carbocycles. The van der Waals surface area contributed by atoms with E-state index in [4.69, 9.17) is 4.52 Å². The maximum absolute atomic E-state index is 13.0. The molecular formula is C27H32N4O3. The number of likely N-dealkylation sites (tertiary alicyclic amines) is 1. The zero-order chi connectivity index (χ0) is 24.3. The second-order valence-electron chi connectivity index (χ2n) is 9.83. The van der Waals surface area contributed by atoms with Crippen LogP contribution in [-0.4, -0.2) is 39.9 Å². The third-order valence-corrected chi connectivity index (χ3v) is 6.30. The van der Waals surface area contributed by atoms with E-state index in [1.165, 1.54) is 5.56 Å². The summed E-state index contributed by atoms with van der Waals surface area (Å²) >= 11 is 0. The summed E-state index contributed by atoms with van der Waals surface area (Å²) in [5.74, 6) is 1.24. The number of hydrogen-bond acceptors (Lipinski definition) is 5. The van der Waals surface area contributed by atoms with Crippen molar-refractivity contribution >= 4 is 17.5 Å². The van der Waals surface area contributed by atoms with Crippen molar-refractivity contribution in [3.8, 4) is 11.4 Å². The minimum absolute atomic E-state index is 0.0441. The van der Waals surface area contributed by atoms with Gasteiger partial charge in [-0.25, -0.2) is 0 Å². The molecule has 0 unspecified atom stereocenters. The predicted molar refractivity (Wildman–Crippen MR) is 132 cm³/mol. The highest BCUT2D eigenvalue weighted by Gasteiger charge is 2.28. The minimum Gasteiger partial charge on any atom is -0.339 e. The lowest BCUT2D eigenvalue weighted by Gasteiger charge is -2.30. The first-order valence-corrected chi connectivity index (χ1v) is 11.9. The van der Waals surface area contributed by atoms with Gasteiger partial charge >= 0.3 is 0 Å². The van der Waals surface area contributed by atoms with Gasteiger partial charge in [-0.1, -0.05) is 57.1 Å². The number of nitrogens with one attached hydrogen (secondary N) is 1. The molecule has 2 heterocycles. The number of aromatic nitrogens is 2. The van der Waals surface area contributed by atoms with Crippen LogP contribution in [0.15, 0.2) is 53.1 Å². The number of piperidine rings is 1. The van der Waals surface area contributed by atoms with E-state index in [2.05, 4.69) is 36.2 Å². The van der Waals surface area contributed by atoms with Gasteiger partial charge in [0, 0.05) is 42.2 Å².